The zero-order chi connectivity index (χ0) is 15.4. The van der Waals surface area contributed by atoms with Crippen molar-refractivity contribution in [2.24, 2.45) is 5.92 Å². The van der Waals surface area contributed by atoms with Crippen LogP contribution < -0.4 is 5.32 Å². The number of halogens is 2. The van der Waals surface area contributed by atoms with Crippen LogP contribution in [-0.4, -0.2) is 23.0 Å². The van der Waals surface area contributed by atoms with Gasteiger partial charge in [-0.2, -0.15) is 0 Å². The lowest BCUT2D eigenvalue weighted by Gasteiger charge is -2.10. The fourth-order valence-corrected chi connectivity index (χ4v) is 2.97. The first-order valence-electron chi connectivity index (χ1n) is 6.61. The van der Waals surface area contributed by atoms with Crippen LogP contribution in [0.2, 0.25) is 10.0 Å². The van der Waals surface area contributed by atoms with Crippen molar-refractivity contribution in [2.75, 3.05) is 0 Å². The van der Waals surface area contributed by atoms with Gasteiger partial charge in [0, 0.05) is 22.2 Å². The average Bonchev–Trinajstić information content (AvgIpc) is 2.84. The first kappa shape index (κ1) is 15.9. The van der Waals surface area contributed by atoms with E-state index in [9.17, 15) is 9.59 Å². The predicted octanol–water partition coefficient (Wildman–Crippen LogP) is 3.38. The number of hydrogen-bond donors (Lipinski definition) is 2. The van der Waals surface area contributed by atoms with E-state index in [2.05, 4.69) is 5.32 Å². The van der Waals surface area contributed by atoms with Crippen molar-refractivity contribution in [1.29, 1.82) is 0 Å². The van der Waals surface area contributed by atoms with E-state index in [4.69, 9.17) is 28.3 Å². The molecule has 1 aliphatic rings. The van der Waals surface area contributed by atoms with Gasteiger partial charge in [0.1, 0.15) is 0 Å². The molecule has 6 heteroatoms. The third-order valence-corrected chi connectivity index (χ3v) is 3.88. The van der Waals surface area contributed by atoms with Crippen LogP contribution in [0.4, 0.5) is 0 Å². The van der Waals surface area contributed by atoms with Crippen LogP contribution in [0.5, 0.6) is 0 Å². The quantitative estimate of drug-likeness (QED) is 0.833. The predicted molar refractivity (Wildman–Crippen MR) is 82.4 cm³/mol. The van der Waals surface area contributed by atoms with Crippen LogP contribution in [-0.2, 0) is 9.59 Å². The largest absolute Gasteiger partial charge is 0.481 e. The van der Waals surface area contributed by atoms with Crippen molar-refractivity contribution < 1.29 is 14.7 Å². The van der Waals surface area contributed by atoms with Crippen LogP contribution in [0.15, 0.2) is 24.3 Å². The van der Waals surface area contributed by atoms with Crippen molar-refractivity contribution in [3.63, 3.8) is 0 Å². The summed E-state index contributed by atoms with van der Waals surface area (Å²) in [5.74, 6) is -1.40. The molecule has 0 spiro atoms. The SMILES string of the molecule is O=C(/C=C/c1cc(Cl)cc(Cl)c1)N[C@H]1CC[C@@H](C(=O)O)C1. The van der Waals surface area contributed by atoms with E-state index in [0.717, 1.165) is 5.56 Å². The molecule has 1 fully saturated rings. The highest BCUT2D eigenvalue weighted by atomic mass is 35.5. The first-order valence-corrected chi connectivity index (χ1v) is 7.37. The molecule has 2 atom stereocenters. The second-order valence-electron chi connectivity index (χ2n) is 5.09. The molecule has 1 aliphatic carbocycles. The van der Waals surface area contributed by atoms with Gasteiger partial charge in [-0.1, -0.05) is 23.2 Å². The maximum Gasteiger partial charge on any atom is 0.306 e. The van der Waals surface area contributed by atoms with Crippen LogP contribution in [0, 0.1) is 5.92 Å². The number of carboxylic acid groups (broad SMARTS) is 1. The number of hydrogen-bond acceptors (Lipinski definition) is 2. The Morgan fingerprint density at radius 2 is 1.86 bits per heavy atom. The van der Waals surface area contributed by atoms with Gasteiger partial charge >= 0.3 is 5.97 Å². The van der Waals surface area contributed by atoms with Gasteiger partial charge in [0.2, 0.25) is 5.91 Å². The van der Waals surface area contributed by atoms with Crippen LogP contribution in [0.25, 0.3) is 6.08 Å². The number of rotatable bonds is 4. The zero-order valence-corrected chi connectivity index (χ0v) is 12.7. The van der Waals surface area contributed by atoms with E-state index >= 15 is 0 Å². The van der Waals surface area contributed by atoms with Gasteiger partial charge in [0.05, 0.1) is 5.92 Å². The second-order valence-corrected chi connectivity index (χ2v) is 5.96. The lowest BCUT2D eigenvalue weighted by Crippen LogP contribution is -2.31. The Morgan fingerprint density at radius 1 is 1.19 bits per heavy atom. The third-order valence-electron chi connectivity index (χ3n) is 3.44. The number of carboxylic acids is 1. The van der Waals surface area contributed by atoms with Gasteiger partial charge in [-0.25, -0.2) is 0 Å². The Kier molecular flexibility index (Phi) is 5.26. The molecule has 0 radical (unpaired) electrons. The molecule has 21 heavy (non-hydrogen) atoms. The highest BCUT2D eigenvalue weighted by Crippen LogP contribution is 2.25. The number of benzene rings is 1. The molecular weight excluding hydrogens is 313 g/mol. The van der Waals surface area contributed by atoms with Gasteiger partial charge in [0.25, 0.3) is 0 Å². The lowest BCUT2D eigenvalue weighted by atomic mass is 10.1. The average molecular weight is 328 g/mol. The third kappa shape index (κ3) is 4.76. The molecule has 2 N–H and O–H groups in total. The molecule has 112 valence electrons. The molecule has 4 nitrogen and oxygen atoms in total. The maximum atomic E-state index is 11.8. The molecular formula is C15H15Cl2NO3. The smallest absolute Gasteiger partial charge is 0.306 e. The van der Waals surface area contributed by atoms with Gasteiger partial charge in [-0.3, -0.25) is 9.59 Å². The van der Waals surface area contributed by atoms with Gasteiger partial charge < -0.3 is 10.4 Å². The Labute approximate surface area is 132 Å². The van der Waals surface area contributed by atoms with Gasteiger partial charge in [-0.05, 0) is 49.1 Å². The molecule has 1 saturated carbocycles. The summed E-state index contributed by atoms with van der Waals surface area (Å²) < 4.78 is 0. The summed E-state index contributed by atoms with van der Waals surface area (Å²) in [6, 6.07) is 4.94. The molecule has 0 bridgehead atoms. The molecule has 0 aliphatic heterocycles. The summed E-state index contributed by atoms with van der Waals surface area (Å²) in [6.45, 7) is 0. The van der Waals surface area contributed by atoms with Crippen molar-refractivity contribution >= 4 is 41.2 Å². The fourth-order valence-electron chi connectivity index (χ4n) is 2.43. The number of amides is 1. The van der Waals surface area contributed by atoms with Gasteiger partial charge in [0.15, 0.2) is 0 Å². The number of aliphatic carboxylic acids is 1. The van der Waals surface area contributed by atoms with Crippen LogP contribution in [0.1, 0.15) is 24.8 Å². The monoisotopic (exact) mass is 327 g/mol. The number of nitrogens with one attached hydrogen (secondary N) is 1. The molecule has 1 amide bonds. The maximum absolute atomic E-state index is 11.8. The van der Waals surface area contributed by atoms with E-state index in [1.165, 1.54) is 6.08 Å². The van der Waals surface area contributed by atoms with Crippen molar-refractivity contribution in [2.45, 2.75) is 25.3 Å². The van der Waals surface area contributed by atoms with Crippen molar-refractivity contribution in [3.8, 4) is 0 Å². The summed E-state index contributed by atoms with van der Waals surface area (Å²) in [5, 5.41) is 12.7. The summed E-state index contributed by atoms with van der Waals surface area (Å²) in [4.78, 5) is 22.7. The molecule has 1 aromatic rings. The molecule has 1 aromatic carbocycles. The van der Waals surface area contributed by atoms with Gasteiger partial charge in [-0.15, -0.1) is 0 Å². The number of carbonyl (C=O) groups excluding carboxylic acids is 1. The Bertz CT molecular complexity index is 566. The molecule has 0 unspecified atom stereocenters. The van der Waals surface area contributed by atoms with E-state index in [1.807, 2.05) is 0 Å². The Morgan fingerprint density at radius 3 is 2.43 bits per heavy atom. The minimum atomic E-state index is -0.795. The van der Waals surface area contributed by atoms with Crippen LogP contribution >= 0.6 is 23.2 Å². The standard InChI is InChI=1S/C15H15Cl2NO3/c16-11-5-9(6-12(17)8-11)1-4-14(19)18-13-3-2-10(7-13)15(20)21/h1,4-6,8,10,13H,2-3,7H2,(H,18,19)(H,20,21)/b4-1+/t10-,13+/m1/s1. The fraction of sp³-hybridized carbons (Fsp3) is 0.333. The normalized spacial score (nSPS) is 21.6. The first-order chi connectivity index (χ1) is 9.94. The molecule has 2 rings (SSSR count). The van der Waals surface area contributed by atoms with Crippen molar-refractivity contribution in [3.05, 3.63) is 39.9 Å². The van der Waals surface area contributed by atoms with E-state index in [-0.39, 0.29) is 17.9 Å². The molecule has 0 aromatic heterocycles. The summed E-state index contributed by atoms with van der Waals surface area (Å²) in [6.07, 6.45) is 4.80. The highest BCUT2D eigenvalue weighted by molar-refractivity contribution is 6.34. The van der Waals surface area contributed by atoms with E-state index in [1.54, 1.807) is 24.3 Å². The minimum Gasteiger partial charge on any atom is -0.481 e. The Balaban J connectivity index is 1.90. The Hall–Kier alpha value is -1.52. The number of carbonyl (C=O) groups is 2. The van der Waals surface area contributed by atoms with Crippen molar-refractivity contribution in [1.82, 2.24) is 5.32 Å². The summed E-state index contributed by atoms with van der Waals surface area (Å²) >= 11 is 11.7. The minimum absolute atomic E-state index is 0.0776. The molecule has 0 heterocycles. The highest BCUT2D eigenvalue weighted by Gasteiger charge is 2.30. The lowest BCUT2D eigenvalue weighted by molar-refractivity contribution is -0.141. The topological polar surface area (TPSA) is 66.4 Å². The van der Waals surface area contributed by atoms with E-state index < -0.39 is 5.97 Å². The summed E-state index contributed by atoms with van der Waals surface area (Å²) in [5.41, 5.74) is 0.734. The second kappa shape index (κ2) is 6.96. The van der Waals surface area contributed by atoms with Crippen LogP contribution in [0.3, 0.4) is 0 Å². The zero-order valence-electron chi connectivity index (χ0n) is 11.2. The summed E-state index contributed by atoms with van der Waals surface area (Å²) in [7, 11) is 0. The van der Waals surface area contributed by atoms with E-state index in [0.29, 0.717) is 29.3 Å². The molecule has 0 saturated heterocycles.